The number of aromatic nitrogens is 2. The highest BCUT2D eigenvalue weighted by molar-refractivity contribution is 9.10. The fourth-order valence-corrected chi connectivity index (χ4v) is 0.836. The Bertz CT molecular complexity index is 240. The third-order valence-corrected chi connectivity index (χ3v) is 1.62. The van der Waals surface area contributed by atoms with Gasteiger partial charge in [-0.1, -0.05) is 0 Å². The molecule has 1 rings (SSSR count). The quantitative estimate of drug-likeness (QED) is 0.690. The van der Waals surface area contributed by atoms with Crippen molar-refractivity contribution in [3.05, 3.63) is 16.2 Å². The molecule has 0 saturated heterocycles. The monoisotopic (exact) mass is 203 g/mol. The second-order valence-electron chi connectivity index (χ2n) is 1.73. The van der Waals surface area contributed by atoms with Crippen LogP contribution in [0.5, 0.6) is 0 Å². The number of halogens is 1. The zero-order valence-electron chi connectivity index (χ0n) is 5.08. The molecule has 1 aromatic heterocycles. The Morgan fingerprint density at radius 3 is 2.80 bits per heavy atom. The highest BCUT2D eigenvalue weighted by atomic mass is 79.9. The Balaban J connectivity index is 3.04. The Morgan fingerprint density at radius 2 is 2.30 bits per heavy atom. The molecular weight excluding hydrogens is 198 g/mol. The van der Waals surface area contributed by atoms with Gasteiger partial charge in [0, 0.05) is 0 Å². The molecule has 0 aliphatic carbocycles. The van der Waals surface area contributed by atoms with Gasteiger partial charge in [0.1, 0.15) is 0 Å². The summed E-state index contributed by atoms with van der Waals surface area (Å²) in [6.45, 7) is -0.119. The van der Waals surface area contributed by atoms with E-state index in [1.165, 1.54) is 0 Å². The van der Waals surface area contributed by atoms with E-state index < -0.39 is 0 Å². The third kappa shape index (κ3) is 1.43. The van der Waals surface area contributed by atoms with Crippen LogP contribution in [0.15, 0.2) is 10.5 Å². The van der Waals surface area contributed by atoms with Gasteiger partial charge in [0.25, 0.3) is 0 Å². The van der Waals surface area contributed by atoms with Gasteiger partial charge < -0.3 is 10.8 Å². The normalized spacial score (nSPS) is 9.80. The fourth-order valence-electron chi connectivity index (χ4n) is 0.492. The maximum Gasteiger partial charge on any atom is 0.160 e. The third-order valence-electron chi connectivity index (χ3n) is 0.986. The SMILES string of the molecule is Nc1nnc(CO)cc1Br. The smallest absolute Gasteiger partial charge is 0.160 e. The molecule has 4 nitrogen and oxygen atoms in total. The van der Waals surface area contributed by atoms with Crippen LogP contribution in [0.25, 0.3) is 0 Å². The average Bonchev–Trinajstić information content (AvgIpc) is 1.95. The molecule has 54 valence electrons. The van der Waals surface area contributed by atoms with Gasteiger partial charge in [0.2, 0.25) is 0 Å². The van der Waals surface area contributed by atoms with Crippen LogP contribution in [-0.2, 0) is 6.61 Å². The van der Waals surface area contributed by atoms with Crippen LogP contribution in [0, 0.1) is 0 Å². The summed E-state index contributed by atoms with van der Waals surface area (Å²) in [7, 11) is 0. The zero-order chi connectivity index (χ0) is 7.56. The van der Waals surface area contributed by atoms with Crippen molar-refractivity contribution in [1.29, 1.82) is 0 Å². The van der Waals surface area contributed by atoms with Crippen molar-refractivity contribution in [3.63, 3.8) is 0 Å². The summed E-state index contributed by atoms with van der Waals surface area (Å²) in [5.74, 6) is 0.331. The Morgan fingerprint density at radius 1 is 1.60 bits per heavy atom. The first-order valence-corrected chi connectivity index (χ1v) is 3.42. The number of hydrogen-bond acceptors (Lipinski definition) is 4. The molecule has 1 heterocycles. The number of anilines is 1. The first kappa shape index (κ1) is 7.43. The largest absolute Gasteiger partial charge is 0.390 e. The summed E-state index contributed by atoms with van der Waals surface area (Å²) in [6.07, 6.45) is 0. The molecule has 0 aromatic carbocycles. The van der Waals surface area contributed by atoms with Crippen molar-refractivity contribution < 1.29 is 5.11 Å². The second kappa shape index (κ2) is 2.94. The summed E-state index contributed by atoms with van der Waals surface area (Å²) in [5, 5.41) is 15.8. The van der Waals surface area contributed by atoms with E-state index in [2.05, 4.69) is 26.1 Å². The van der Waals surface area contributed by atoms with Gasteiger partial charge in [-0.05, 0) is 22.0 Å². The summed E-state index contributed by atoms with van der Waals surface area (Å²) in [6, 6.07) is 1.63. The lowest BCUT2D eigenvalue weighted by Crippen LogP contribution is -1.98. The molecule has 0 aliphatic rings. The van der Waals surface area contributed by atoms with E-state index >= 15 is 0 Å². The lowest BCUT2D eigenvalue weighted by atomic mass is 10.4. The molecule has 0 unspecified atom stereocenters. The van der Waals surface area contributed by atoms with Gasteiger partial charge in [-0.3, -0.25) is 0 Å². The minimum Gasteiger partial charge on any atom is -0.390 e. The minimum atomic E-state index is -0.119. The second-order valence-corrected chi connectivity index (χ2v) is 2.58. The highest BCUT2D eigenvalue weighted by Crippen LogP contribution is 2.15. The standard InChI is InChI=1S/C5H6BrN3O/c6-4-1-3(2-10)8-9-5(4)7/h1,10H,2H2,(H2,7,9). The topological polar surface area (TPSA) is 72.0 Å². The predicted octanol–water partition coefficient (Wildman–Crippen LogP) is 0.314. The molecule has 1 aromatic rings. The molecule has 5 heteroatoms. The van der Waals surface area contributed by atoms with Crippen molar-refractivity contribution in [2.75, 3.05) is 5.73 Å². The van der Waals surface area contributed by atoms with E-state index in [-0.39, 0.29) is 6.61 Å². The van der Waals surface area contributed by atoms with Crippen LogP contribution in [0.1, 0.15) is 5.69 Å². The van der Waals surface area contributed by atoms with Crippen LogP contribution >= 0.6 is 15.9 Å². The number of rotatable bonds is 1. The zero-order valence-corrected chi connectivity index (χ0v) is 6.67. The van der Waals surface area contributed by atoms with Crippen LogP contribution in [0.2, 0.25) is 0 Å². The van der Waals surface area contributed by atoms with Crippen LogP contribution in [0.4, 0.5) is 5.82 Å². The number of aliphatic hydroxyl groups is 1. The number of aliphatic hydroxyl groups excluding tert-OH is 1. The van der Waals surface area contributed by atoms with Crippen molar-refractivity contribution in [2.45, 2.75) is 6.61 Å². The van der Waals surface area contributed by atoms with Crippen LogP contribution < -0.4 is 5.73 Å². The van der Waals surface area contributed by atoms with Gasteiger partial charge in [-0.25, -0.2) is 0 Å². The maximum absolute atomic E-state index is 8.59. The first-order valence-electron chi connectivity index (χ1n) is 2.62. The van der Waals surface area contributed by atoms with E-state index in [1.54, 1.807) is 6.07 Å². The average molecular weight is 204 g/mol. The summed E-state index contributed by atoms with van der Waals surface area (Å²) < 4.78 is 0.659. The first-order chi connectivity index (χ1) is 4.74. The molecule has 0 radical (unpaired) electrons. The molecule has 3 N–H and O–H groups in total. The highest BCUT2D eigenvalue weighted by Gasteiger charge is 1.98. The van der Waals surface area contributed by atoms with Crippen LogP contribution in [0.3, 0.4) is 0 Å². The molecule has 0 saturated carbocycles. The van der Waals surface area contributed by atoms with Crippen LogP contribution in [-0.4, -0.2) is 15.3 Å². The molecule has 0 bridgehead atoms. The van der Waals surface area contributed by atoms with E-state index in [1.807, 2.05) is 0 Å². The summed E-state index contributed by atoms with van der Waals surface area (Å²) in [4.78, 5) is 0. The van der Waals surface area contributed by atoms with Gasteiger partial charge in [-0.15, -0.1) is 5.10 Å². The summed E-state index contributed by atoms with van der Waals surface area (Å²) in [5.41, 5.74) is 5.84. The van der Waals surface area contributed by atoms with E-state index in [0.717, 1.165) is 0 Å². The molecule has 0 amide bonds. The summed E-state index contributed by atoms with van der Waals surface area (Å²) >= 11 is 3.15. The van der Waals surface area contributed by atoms with Crippen molar-refractivity contribution >= 4 is 21.7 Å². The van der Waals surface area contributed by atoms with E-state index in [0.29, 0.717) is 16.0 Å². The number of nitrogen functional groups attached to an aromatic ring is 1. The van der Waals surface area contributed by atoms with Crippen molar-refractivity contribution in [3.8, 4) is 0 Å². The van der Waals surface area contributed by atoms with Gasteiger partial charge in [0.05, 0.1) is 16.8 Å². The minimum absolute atomic E-state index is 0.119. The lowest BCUT2D eigenvalue weighted by Gasteiger charge is -1.96. The van der Waals surface area contributed by atoms with Crippen molar-refractivity contribution in [2.24, 2.45) is 0 Å². The Kier molecular flexibility index (Phi) is 2.18. The van der Waals surface area contributed by atoms with Gasteiger partial charge >= 0.3 is 0 Å². The molecule has 10 heavy (non-hydrogen) atoms. The number of nitrogens with two attached hydrogens (primary N) is 1. The molecule has 0 spiro atoms. The molecular formula is C5H6BrN3O. The number of hydrogen-bond donors (Lipinski definition) is 2. The van der Waals surface area contributed by atoms with Gasteiger partial charge in [-0.2, -0.15) is 5.10 Å². The van der Waals surface area contributed by atoms with E-state index in [9.17, 15) is 0 Å². The Hall–Kier alpha value is -0.680. The predicted molar refractivity (Wildman–Crippen MR) is 40.1 cm³/mol. The van der Waals surface area contributed by atoms with Crippen molar-refractivity contribution in [1.82, 2.24) is 10.2 Å². The molecule has 0 aliphatic heterocycles. The van der Waals surface area contributed by atoms with E-state index in [4.69, 9.17) is 10.8 Å². The lowest BCUT2D eigenvalue weighted by molar-refractivity contribution is 0.275. The number of nitrogens with zero attached hydrogens (tertiary/aromatic N) is 2. The maximum atomic E-state index is 8.59. The fraction of sp³-hybridized carbons (Fsp3) is 0.200. The Labute approximate surface area is 66.2 Å². The molecule has 0 atom stereocenters. The van der Waals surface area contributed by atoms with Gasteiger partial charge in [0.15, 0.2) is 5.82 Å². The molecule has 0 fully saturated rings.